The Bertz CT molecular complexity index is 899. The van der Waals surface area contributed by atoms with Crippen LogP contribution in [0.3, 0.4) is 0 Å². The quantitative estimate of drug-likeness (QED) is 0.489. The predicted molar refractivity (Wildman–Crippen MR) is 110 cm³/mol. The van der Waals surface area contributed by atoms with E-state index in [1.165, 1.54) is 0 Å². The van der Waals surface area contributed by atoms with Crippen LogP contribution < -0.4 is 16.5 Å². The van der Waals surface area contributed by atoms with Crippen molar-refractivity contribution >= 4 is 23.8 Å². The molecule has 0 aliphatic rings. The molecule has 2 aromatic carbocycles. The third-order valence-electron chi connectivity index (χ3n) is 4.28. The highest BCUT2D eigenvalue weighted by molar-refractivity contribution is 5.87. The number of nitrogens with one attached hydrogen (secondary N) is 2. The lowest BCUT2D eigenvalue weighted by Crippen LogP contribution is -2.52. The van der Waals surface area contributed by atoms with Gasteiger partial charge in [0.05, 0.1) is 12.5 Å². The van der Waals surface area contributed by atoms with Gasteiger partial charge in [0, 0.05) is 6.42 Å². The molecule has 0 heterocycles. The number of carboxylic acid groups (broad SMARTS) is 1. The van der Waals surface area contributed by atoms with Gasteiger partial charge in [0.15, 0.2) is 0 Å². The predicted octanol–water partition coefficient (Wildman–Crippen LogP) is 1.81. The molecule has 1 unspecified atom stereocenters. The fourth-order valence-electron chi connectivity index (χ4n) is 2.86. The van der Waals surface area contributed by atoms with Crippen molar-refractivity contribution in [3.8, 4) is 11.1 Å². The Balaban J connectivity index is 2.15. The van der Waals surface area contributed by atoms with Crippen molar-refractivity contribution in [2.24, 2.45) is 5.73 Å². The van der Waals surface area contributed by atoms with E-state index in [1.54, 1.807) is 19.1 Å². The van der Waals surface area contributed by atoms with Gasteiger partial charge in [-0.05, 0) is 16.7 Å². The van der Waals surface area contributed by atoms with Crippen molar-refractivity contribution < 1.29 is 24.3 Å². The molecule has 0 bridgehead atoms. The molecule has 5 N–H and O–H groups in total. The Morgan fingerprint density at radius 2 is 1.60 bits per heavy atom. The Hall–Kier alpha value is -3.88. The fraction of sp³-hybridized carbons (Fsp3) is 0.238. The van der Waals surface area contributed by atoms with E-state index in [1.807, 2.05) is 42.5 Å². The summed E-state index contributed by atoms with van der Waals surface area (Å²) < 4.78 is 0. The van der Waals surface area contributed by atoms with E-state index in [-0.39, 0.29) is 12.8 Å². The molecule has 0 spiro atoms. The first-order valence-electron chi connectivity index (χ1n) is 9.33. The van der Waals surface area contributed by atoms with Crippen LogP contribution in [0.1, 0.15) is 31.4 Å². The molecule has 4 amide bonds. The summed E-state index contributed by atoms with van der Waals surface area (Å²) in [6.45, 7) is 1.07. The number of hydrogen-bond acceptors (Lipinski definition) is 4. The second-order valence-electron chi connectivity index (χ2n) is 6.52. The maximum atomic E-state index is 12.4. The second kappa shape index (κ2) is 10.6. The van der Waals surface area contributed by atoms with E-state index in [0.29, 0.717) is 5.56 Å². The highest BCUT2D eigenvalue weighted by atomic mass is 16.4. The average Bonchev–Trinajstić information content (AvgIpc) is 2.72. The monoisotopic (exact) mass is 412 g/mol. The zero-order valence-electron chi connectivity index (χ0n) is 16.5. The summed E-state index contributed by atoms with van der Waals surface area (Å²) in [5.41, 5.74) is 9.67. The van der Waals surface area contributed by atoms with Gasteiger partial charge in [-0.1, -0.05) is 61.5 Å². The minimum absolute atomic E-state index is 0.0487. The standard InChI is InChI=1S/C21H24N4O5/c1-2-19(27)25(24-21(22)30)13-18(26)23-17(12-20(28)29)16-10-8-15(9-11-16)14-6-4-3-5-7-14/h3-11,17H,2,12-13H2,1H3,(H,23,26)(H,28,29)(H3,22,24,30). The maximum absolute atomic E-state index is 12.4. The van der Waals surface area contributed by atoms with Crippen molar-refractivity contribution in [3.05, 3.63) is 60.2 Å². The van der Waals surface area contributed by atoms with Gasteiger partial charge >= 0.3 is 12.0 Å². The number of nitrogens with zero attached hydrogens (tertiary/aromatic N) is 1. The van der Waals surface area contributed by atoms with Gasteiger partial charge in [-0.2, -0.15) is 0 Å². The third kappa shape index (κ3) is 6.62. The molecular formula is C21H24N4O5. The number of hydrogen-bond donors (Lipinski definition) is 4. The van der Waals surface area contributed by atoms with Crippen LogP contribution in [-0.4, -0.2) is 40.5 Å². The minimum atomic E-state index is -1.09. The Morgan fingerprint density at radius 3 is 2.13 bits per heavy atom. The van der Waals surface area contributed by atoms with Crippen molar-refractivity contribution in [2.45, 2.75) is 25.8 Å². The number of carbonyl (C=O) groups is 4. The molecule has 0 fully saturated rings. The summed E-state index contributed by atoms with van der Waals surface area (Å²) in [6, 6.07) is 15.0. The van der Waals surface area contributed by atoms with Crippen molar-refractivity contribution in [2.75, 3.05) is 6.54 Å². The topological polar surface area (TPSA) is 142 Å². The van der Waals surface area contributed by atoms with Gasteiger partial charge in [0.25, 0.3) is 0 Å². The van der Waals surface area contributed by atoms with Crippen LogP contribution >= 0.6 is 0 Å². The number of urea groups is 1. The SMILES string of the molecule is CCC(=O)N(CC(=O)NC(CC(=O)O)c1ccc(-c2ccccc2)cc1)NC(N)=O. The molecule has 9 nitrogen and oxygen atoms in total. The zero-order chi connectivity index (χ0) is 22.1. The van der Waals surface area contributed by atoms with E-state index in [4.69, 9.17) is 5.73 Å². The first-order valence-corrected chi connectivity index (χ1v) is 9.33. The number of amides is 4. The van der Waals surface area contributed by atoms with E-state index in [0.717, 1.165) is 16.1 Å². The van der Waals surface area contributed by atoms with Crippen LogP contribution in [0.2, 0.25) is 0 Å². The molecule has 0 aliphatic heterocycles. The minimum Gasteiger partial charge on any atom is -0.481 e. The average molecular weight is 412 g/mol. The van der Waals surface area contributed by atoms with E-state index in [2.05, 4.69) is 10.7 Å². The lowest BCUT2D eigenvalue weighted by Gasteiger charge is -2.23. The molecule has 158 valence electrons. The molecule has 1 atom stereocenters. The molecule has 0 saturated heterocycles. The van der Waals surface area contributed by atoms with Crippen LogP contribution in [0.5, 0.6) is 0 Å². The number of benzene rings is 2. The van der Waals surface area contributed by atoms with Gasteiger partial charge in [0.2, 0.25) is 11.8 Å². The number of carboxylic acids is 1. The first kappa shape index (κ1) is 22.4. The second-order valence-corrected chi connectivity index (χ2v) is 6.52. The summed E-state index contributed by atoms with van der Waals surface area (Å²) in [4.78, 5) is 46.6. The summed E-state index contributed by atoms with van der Waals surface area (Å²) in [5.74, 6) is -2.24. The number of hydrazine groups is 1. The third-order valence-corrected chi connectivity index (χ3v) is 4.28. The Labute approximate surface area is 173 Å². The van der Waals surface area contributed by atoms with E-state index >= 15 is 0 Å². The van der Waals surface area contributed by atoms with Crippen LogP contribution in [0, 0.1) is 0 Å². The zero-order valence-corrected chi connectivity index (χ0v) is 16.5. The summed E-state index contributed by atoms with van der Waals surface area (Å²) in [5, 5.41) is 12.6. The smallest absolute Gasteiger partial charge is 0.331 e. The lowest BCUT2D eigenvalue weighted by molar-refractivity contribution is -0.140. The summed E-state index contributed by atoms with van der Waals surface area (Å²) in [6.07, 6.45) is -0.297. The van der Waals surface area contributed by atoms with Crippen molar-refractivity contribution in [1.29, 1.82) is 0 Å². The molecule has 0 radical (unpaired) electrons. The normalized spacial score (nSPS) is 11.2. The van der Waals surface area contributed by atoms with Gasteiger partial charge in [-0.25, -0.2) is 15.2 Å². The Morgan fingerprint density at radius 1 is 1.00 bits per heavy atom. The van der Waals surface area contributed by atoms with E-state index in [9.17, 15) is 24.3 Å². The van der Waals surface area contributed by atoms with Gasteiger partial charge in [0.1, 0.15) is 6.54 Å². The molecule has 9 heteroatoms. The number of primary amides is 1. The molecular weight excluding hydrogens is 388 g/mol. The van der Waals surface area contributed by atoms with Crippen molar-refractivity contribution in [1.82, 2.24) is 15.8 Å². The van der Waals surface area contributed by atoms with Crippen LogP contribution in [0.25, 0.3) is 11.1 Å². The molecule has 30 heavy (non-hydrogen) atoms. The lowest BCUT2D eigenvalue weighted by atomic mass is 9.99. The summed E-state index contributed by atoms with van der Waals surface area (Å²) >= 11 is 0. The number of aliphatic carboxylic acids is 1. The van der Waals surface area contributed by atoms with Gasteiger partial charge < -0.3 is 16.2 Å². The highest BCUT2D eigenvalue weighted by Crippen LogP contribution is 2.23. The number of carbonyl (C=O) groups excluding carboxylic acids is 3. The largest absolute Gasteiger partial charge is 0.481 e. The molecule has 0 aliphatic carbocycles. The molecule has 2 aromatic rings. The molecule has 0 aromatic heterocycles. The Kier molecular flexibility index (Phi) is 7.92. The molecule has 2 rings (SSSR count). The maximum Gasteiger partial charge on any atom is 0.331 e. The van der Waals surface area contributed by atoms with Crippen LogP contribution in [-0.2, 0) is 14.4 Å². The summed E-state index contributed by atoms with van der Waals surface area (Å²) in [7, 11) is 0. The highest BCUT2D eigenvalue weighted by Gasteiger charge is 2.22. The molecule has 0 saturated carbocycles. The number of nitrogens with two attached hydrogens (primary N) is 1. The first-order chi connectivity index (χ1) is 14.3. The van der Waals surface area contributed by atoms with Crippen LogP contribution in [0.4, 0.5) is 4.79 Å². The fourth-order valence-corrected chi connectivity index (χ4v) is 2.86. The van der Waals surface area contributed by atoms with Gasteiger partial charge in [-0.15, -0.1) is 0 Å². The number of rotatable bonds is 8. The van der Waals surface area contributed by atoms with Gasteiger partial charge in [-0.3, -0.25) is 14.4 Å². The van der Waals surface area contributed by atoms with Crippen LogP contribution in [0.15, 0.2) is 54.6 Å². The van der Waals surface area contributed by atoms with Crippen molar-refractivity contribution in [3.63, 3.8) is 0 Å². The van der Waals surface area contributed by atoms with E-state index < -0.39 is 36.4 Å².